The SMILES string of the molecule is CC(C)(C)OC(=O)N(CCCc1ccc([N+](=O)[O-])cc1)CCNS(=O)(=O)c1cc(Br)cc2cnccc12. The van der Waals surface area contributed by atoms with E-state index in [9.17, 15) is 23.3 Å². The molecular weight excluding hydrogens is 564 g/mol. The van der Waals surface area contributed by atoms with Crippen LogP contribution in [0.2, 0.25) is 0 Å². The summed E-state index contributed by atoms with van der Waals surface area (Å²) in [6, 6.07) is 11.2. The van der Waals surface area contributed by atoms with Crippen LogP contribution in [0, 0.1) is 10.1 Å². The molecular formula is C25H29BrN4O6S. The number of nitro benzene ring substituents is 1. The lowest BCUT2D eigenvalue weighted by Gasteiger charge is -2.27. The minimum absolute atomic E-state index is 0.0147. The highest BCUT2D eigenvalue weighted by Crippen LogP contribution is 2.27. The summed E-state index contributed by atoms with van der Waals surface area (Å²) in [5.74, 6) is 0. The molecule has 0 radical (unpaired) electrons. The normalized spacial score (nSPS) is 11.9. The van der Waals surface area contributed by atoms with Crippen LogP contribution < -0.4 is 4.72 Å². The number of hydrogen-bond donors (Lipinski definition) is 1. The number of pyridine rings is 1. The molecule has 0 fully saturated rings. The quantitative estimate of drug-likeness (QED) is 0.257. The van der Waals surface area contributed by atoms with Crippen LogP contribution in [-0.2, 0) is 21.2 Å². The standard InChI is InChI=1S/C25H29BrN4O6S/c1-25(2,3)36-24(31)29(13-4-5-18-6-8-21(9-7-18)30(32)33)14-12-28-37(34,35)23-16-20(26)15-19-17-27-11-10-22(19)23/h6-11,15-17,28H,4-5,12-14H2,1-3H3. The topological polar surface area (TPSA) is 132 Å². The first-order valence-electron chi connectivity index (χ1n) is 11.6. The van der Waals surface area contributed by atoms with Gasteiger partial charge >= 0.3 is 6.09 Å². The van der Waals surface area contributed by atoms with Gasteiger partial charge in [-0.05, 0) is 57.4 Å². The molecule has 0 saturated heterocycles. The molecule has 3 rings (SSSR count). The van der Waals surface area contributed by atoms with E-state index in [1.54, 1.807) is 51.2 Å². The summed E-state index contributed by atoms with van der Waals surface area (Å²) in [4.78, 5) is 28.8. The summed E-state index contributed by atoms with van der Waals surface area (Å²) in [6.45, 7) is 5.68. The van der Waals surface area contributed by atoms with Gasteiger partial charge in [0.15, 0.2) is 0 Å². The Morgan fingerprint density at radius 3 is 2.51 bits per heavy atom. The van der Waals surface area contributed by atoms with Crippen LogP contribution in [0.4, 0.5) is 10.5 Å². The van der Waals surface area contributed by atoms with Crippen molar-refractivity contribution >= 4 is 48.5 Å². The summed E-state index contributed by atoms with van der Waals surface area (Å²) in [7, 11) is -3.88. The molecule has 1 amide bonds. The molecule has 0 aliphatic heterocycles. The Bertz CT molecular complexity index is 1370. The van der Waals surface area contributed by atoms with Gasteiger partial charge in [0.1, 0.15) is 5.60 Å². The monoisotopic (exact) mass is 592 g/mol. The predicted octanol–water partition coefficient (Wildman–Crippen LogP) is 5.05. The average molecular weight is 594 g/mol. The Morgan fingerprint density at radius 2 is 1.86 bits per heavy atom. The molecule has 198 valence electrons. The molecule has 0 aliphatic rings. The summed E-state index contributed by atoms with van der Waals surface area (Å²) in [6.07, 6.45) is 3.72. The summed E-state index contributed by atoms with van der Waals surface area (Å²) >= 11 is 3.35. The highest BCUT2D eigenvalue weighted by molar-refractivity contribution is 9.10. The van der Waals surface area contributed by atoms with Crippen molar-refractivity contribution in [2.45, 2.75) is 44.1 Å². The number of amides is 1. The first-order chi connectivity index (χ1) is 17.4. The maximum atomic E-state index is 13.1. The van der Waals surface area contributed by atoms with Crippen LogP contribution in [0.3, 0.4) is 0 Å². The third-order valence-corrected chi connectivity index (χ3v) is 7.29. The van der Waals surface area contributed by atoms with Crippen molar-refractivity contribution in [1.82, 2.24) is 14.6 Å². The Morgan fingerprint density at radius 1 is 1.16 bits per heavy atom. The highest BCUT2D eigenvalue weighted by atomic mass is 79.9. The number of ether oxygens (including phenoxy) is 1. The number of carbonyl (C=O) groups is 1. The van der Waals surface area contributed by atoms with Crippen LogP contribution in [-0.4, -0.2) is 54.6 Å². The minimum Gasteiger partial charge on any atom is -0.444 e. The molecule has 0 unspecified atom stereocenters. The number of rotatable bonds is 10. The van der Waals surface area contributed by atoms with E-state index in [0.717, 1.165) is 5.56 Å². The molecule has 12 heteroatoms. The first-order valence-corrected chi connectivity index (χ1v) is 13.9. The number of nitrogens with one attached hydrogen (secondary N) is 1. The maximum Gasteiger partial charge on any atom is 0.410 e. The molecule has 1 heterocycles. The van der Waals surface area contributed by atoms with E-state index in [1.807, 2.05) is 0 Å². The van der Waals surface area contributed by atoms with E-state index in [0.29, 0.717) is 34.6 Å². The third-order valence-electron chi connectivity index (χ3n) is 5.34. The van der Waals surface area contributed by atoms with Crippen molar-refractivity contribution in [3.8, 4) is 0 Å². The van der Waals surface area contributed by atoms with Crippen molar-refractivity contribution in [2.24, 2.45) is 0 Å². The van der Waals surface area contributed by atoms with E-state index in [-0.39, 0.29) is 23.7 Å². The molecule has 0 spiro atoms. The van der Waals surface area contributed by atoms with Gasteiger partial charge in [-0.2, -0.15) is 0 Å². The second-order valence-corrected chi connectivity index (χ2v) is 12.0. The number of nitrogens with zero attached hydrogens (tertiary/aromatic N) is 3. The van der Waals surface area contributed by atoms with E-state index >= 15 is 0 Å². The molecule has 1 N–H and O–H groups in total. The Labute approximate surface area is 224 Å². The van der Waals surface area contributed by atoms with Crippen molar-refractivity contribution in [3.63, 3.8) is 0 Å². The molecule has 10 nitrogen and oxygen atoms in total. The number of nitro groups is 1. The molecule has 0 bridgehead atoms. The molecule has 1 aromatic heterocycles. The number of benzene rings is 2. The maximum absolute atomic E-state index is 13.1. The van der Waals surface area contributed by atoms with Gasteiger partial charge in [-0.3, -0.25) is 15.1 Å². The lowest BCUT2D eigenvalue weighted by molar-refractivity contribution is -0.384. The number of halogens is 1. The third kappa shape index (κ3) is 8.20. The molecule has 3 aromatic rings. The number of fused-ring (bicyclic) bond motifs is 1. The van der Waals surface area contributed by atoms with Crippen LogP contribution in [0.5, 0.6) is 0 Å². The molecule has 0 saturated carbocycles. The van der Waals surface area contributed by atoms with Gasteiger partial charge in [0, 0.05) is 59.4 Å². The number of carbonyl (C=O) groups excluding carboxylic acids is 1. The molecule has 0 atom stereocenters. The Balaban J connectivity index is 1.67. The van der Waals surface area contributed by atoms with Gasteiger partial charge in [0.25, 0.3) is 5.69 Å². The predicted molar refractivity (Wildman–Crippen MR) is 144 cm³/mol. The summed E-state index contributed by atoms with van der Waals surface area (Å²) < 4.78 is 34.9. The van der Waals surface area contributed by atoms with Crippen LogP contribution in [0.1, 0.15) is 32.8 Å². The average Bonchev–Trinajstić information content (AvgIpc) is 2.81. The highest BCUT2D eigenvalue weighted by Gasteiger charge is 2.23. The largest absolute Gasteiger partial charge is 0.444 e. The zero-order chi connectivity index (χ0) is 27.2. The number of hydrogen-bond acceptors (Lipinski definition) is 7. The van der Waals surface area contributed by atoms with Gasteiger partial charge in [0.05, 0.1) is 9.82 Å². The number of sulfonamides is 1. The van der Waals surface area contributed by atoms with E-state index in [4.69, 9.17) is 4.74 Å². The van der Waals surface area contributed by atoms with Crippen LogP contribution in [0.15, 0.2) is 64.2 Å². The van der Waals surface area contributed by atoms with Crippen molar-refractivity contribution < 1.29 is 22.9 Å². The number of non-ortho nitro benzene ring substituents is 1. The van der Waals surface area contributed by atoms with Gasteiger partial charge in [-0.15, -0.1) is 0 Å². The first kappa shape index (κ1) is 28.5. The second kappa shape index (κ2) is 12.0. The number of aryl methyl sites for hydroxylation is 1. The van der Waals surface area contributed by atoms with Gasteiger partial charge in [0.2, 0.25) is 10.0 Å². The van der Waals surface area contributed by atoms with E-state index < -0.39 is 26.6 Å². The smallest absolute Gasteiger partial charge is 0.410 e. The second-order valence-electron chi connectivity index (χ2n) is 9.39. The van der Waals surface area contributed by atoms with Gasteiger partial charge in [-0.25, -0.2) is 17.9 Å². The van der Waals surface area contributed by atoms with E-state index in [2.05, 4.69) is 25.6 Å². The van der Waals surface area contributed by atoms with E-state index in [1.165, 1.54) is 29.3 Å². The van der Waals surface area contributed by atoms with Gasteiger partial charge in [-0.1, -0.05) is 28.1 Å². The molecule has 37 heavy (non-hydrogen) atoms. The summed E-state index contributed by atoms with van der Waals surface area (Å²) in [5, 5.41) is 12.1. The zero-order valence-corrected chi connectivity index (χ0v) is 23.2. The van der Waals surface area contributed by atoms with Crippen molar-refractivity contribution in [1.29, 1.82) is 0 Å². The lowest BCUT2D eigenvalue weighted by atomic mass is 10.1. The molecule has 2 aromatic carbocycles. The number of aromatic nitrogens is 1. The van der Waals surface area contributed by atoms with Crippen LogP contribution in [0.25, 0.3) is 10.8 Å². The zero-order valence-electron chi connectivity index (χ0n) is 20.8. The minimum atomic E-state index is -3.88. The molecule has 0 aliphatic carbocycles. The van der Waals surface area contributed by atoms with Crippen molar-refractivity contribution in [2.75, 3.05) is 19.6 Å². The fourth-order valence-corrected chi connectivity index (χ4v) is 5.53. The Kier molecular flexibility index (Phi) is 9.21. The summed E-state index contributed by atoms with van der Waals surface area (Å²) in [5.41, 5.74) is 0.198. The van der Waals surface area contributed by atoms with Crippen LogP contribution >= 0.6 is 15.9 Å². The fourth-order valence-electron chi connectivity index (χ4n) is 3.63. The van der Waals surface area contributed by atoms with Gasteiger partial charge < -0.3 is 9.64 Å². The Hall–Kier alpha value is -3.09. The lowest BCUT2D eigenvalue weighted by Crippen LogP contribution is -2.42. The van der Waals surface area contributed by atoms with Crippen molar-refractivity contribution in [3.05, 3.63) is 75.0 Å². The fraction of sp³-hybridized carbons (Fsp3) is 0.360.